The van der Waals surface area contributed by atoms with Gasteiger partial charge in [0.2, 0.25) is 0 Å². The Morgan fingerprint density at radius 1 is 0.806 bits per heavy atom. The zero-order valence-electron chi connectivity index (χ0n) is 22.6. The van der Waals surface area contributed by atoms with Crippen LogP contribution < -0.4 is 9.47 Å². The number of hydrogen-bond acceptors (Lipinski definition) is 3. The summed E-state index contributed by atoms with van der Waals surface area (Å²) in [5, 5.41) is 2.20. The summed E-state index contributed by atoms with van der Waals surface area (Å²) >= 11 is 0. The molecule has 0 unspecified atom stereocenters. The minimum Gasteiger partial charge on any atom is -0.494 e. The second-order valence-electron chi connectivity index (χ2n) is 10.1. The van der Waals surface area contributed by atoms with Crippen molar-refractivity contribution in [3.63, 3.8) is 0 Å². The summed E-state index contributed by atoms with van der Waals surface area (Å²) in [6, 6.07) is 20.2. The molecule has 0 saturated heterocycles. The minimum atomic E-state index is 0.214. The summed E-state index contributed by atoms with van der Waals surface area (Å²) in [6.45, 7) is 7.74. The van der Waals surface area contributed by atoms with Crippen molar-refractivity contribution in [2.24, 2.45) is 5.92 Å². The molecule has 0 aliphatic rings. The van der Waals surface area contributed by atoms with Crippen LogP contribution in [0, 0.1) is 5.92 Å². The van der Waals surface area contributed by atoms with Crippen LogP contribution in [0.2, 0.25) is 0 Å². The Bertz CT molecular complexity index is 1050. The third-order valence-corrected chi connectivity index (χ3v) is 6.98. The first-order chi connectivity index (χ1) is 17.6. The summed E-state index contributed by atoms with van der Waals surface area (Å²) in [7, 11) is 0. The molecule has 0 aliphatic heterocycles. The fourth-order valence-corrected chi connectivity index (χ4v) is 4.40. The maximum atomic E-state index is 12.4. The van der Waals surface area contributed by atoms with E-state index in [9.17, 15) is 4.79 Å². The van der Waals surface area contributed by atoms with Crippen molar-refractivity contribution in [3.05, 3.63) is 71.8 Å². The summed E-state index contributed by atoms with van der Waals surface area (Å²) in [6.07, 6.45) is 12.1. The van der Waals surface area contributed by atoms with Crippen molar-refractivity contribution in [1.82, 2.24) is 0 Å². The Labute approximate surface area is 218 Å². The number of unbranched alkanes of at least 4 members (excludes halogenated alkanes) is 7. The number of ether oxygens (including phenoxy) is 2. The molecule has 0 aromatic heterocycles. The molecule has 0 saturated carbocycles. The normalized spacial score (nSPS) is 12.0. The second-order valence-corrected chi connectivity index (χ2v) is 10.1. The number of benzene rings is 3. The highest BCUT2D eigenvalue weighted by atomic mass is 16.5. The maximum Gasteiger partial charge on any atom is 0.163 e. The highest BCUT2D eigenvalue weighted by Crippen LogP contribution is 2.29. The van der Waals surface area contributed by atoms with Crippen molar-refractivity contribution >= 4 is 16.6 Å². The van der Waals surface area contributed by atoms with Crippen LogP contribution in [0.4, 0.5) is 0 Å². The zero-order chi connectivity index (χ0) is 25.6. The molecule has 3 nitrogen and oxygen atoms in total. The maximum absolute atomic E-state index is 12.4. The molecule has 0 spiro atoms. The van der Waals surface area contributed by atoms with E-state index in [2.05, 4.69) is 39.0 Å². The summed E-state index contributed by atoms with van der Waals surface area (Å²) in [4.78, 5) is 12.4. The van der Waals surface area contributed by atoms with Crippen LogP contribution in [0.5, 0.6) is 11.5 Å². The summed E-state index contributed by atoms with van der Waals surface area (Å²) in [5.41, 5.74) is 1.83. The molecule has 194 valence electrons. The van der Waals surface area contributed by atoms with Gasteiger partial charge in [-0.1, -0.05) is 109 Å². The average Bonchev–Trinajstić information content (AvgIpc) is 2.91. The average molecular weight is 489 g/mol. The number of carbonyl (C=O) groups is 1. The van der Waals surface area contributed by atoms with Gasteiger partial charge >= 0.3 is 0 Å². The van der Waals surface area contributed by atoms with Crippen molar-refractivity contribution in [1.29, 1.82) is 0 Å². The fourth-order valence-electron chi connectivity index (χ4n) is 4.40. The standard InChI is InChI=1S/C33H44O3/c1-4-6-7-8-9-10-11-12-22-35-30-20-21-31-29(24-30)14-13-15-33(31)36-25-27-16-18-28(19-17-27)32(34)23-26(3)5-2/h13-21,24,26H,4-12,22-23,25H2,1-3H3/t26-/m1/s1. The second kappa shape index (κ2) is 15.3. The van der Waals surface area contributed by atoms with Gasteiger partial charge in [0.05, 0.1) is 6.61 Å². The number of Topliss-reactive ketones (excluding diaryl/α,β-unsaturated/α-hetero) is 1. The van der Waals surface area contributed by atoms with Crippen LogP contribution in [-0.2, 0) is 6.61 Å². The number of ketones is 1. The molecular weight excluding hydrogens is 444 g/mol. The van der Waals surface area contributed by atoms with E-state index >= 15 is 0 Å². The molecule has 0 fully saturated rings. The van der Waals surface area contributed by atoms with Crippen molar-refractivity contribution in [3.8, 4) is 11.5 Å². The lowest BCUT2D eigenvalue weighted by atomic mass is 9.97. The number of fused-ring (bicyclic) bond motifs is 1. The molecule has 3 aromatic carbocycles. The quantitative estimate of drug-likeness (QED) is 0.140. The van der Waals surface area contributed by atoms with Gasteiger partial charge in [-0.2, -0.15) is 0 Å². The van der Waals surface area contributed by atoms with Crippen LogP contribution in [0.3, 0.4) is 0 Å². The van der Waals surface area contributed by atoms with E-state index in [4.69, 9.17) is 9.47 Å². The van der Waals surface area contributed by atoms with E-state index in [1.165, 1.54) is 44.9 Å². The Hall–Kier alpha value is -2.81. The van der Waals surface area contributed by atoms with Crippen LogP contribution in [-0.4, -0.2) is 12.4 Å². The predicted molar refractivity (Wildman–Crippen MR) is 151 cm³/mol. The molecule has 0 amide bonds. The van der Waals surface area contributed by atoms with Crippen molar-refractivity contribution in [2.75, 3.05) is 6.61 Å². The molecule has 0 bridgehead atoms. The van der Waals surface area contributed by atoms with Crippen molar-refractivity contribution < 1.29 is 14.3 Å². The van der Waals surface area contributed by atoms with Gasteiger partial charge in [0.1, 0.15) is 18.1 Å². The first kappa shape index (κ1) is 27.8. The van der Waals surface area contributed by atoms with Gasteiger partial charge in [-0.25, -0.2) is 0 Å². The zero-order valence-corrected chi connectivity index (χ0v) is 22.6. The molecule has 3 heteroatoms. The van der Waals surface area contributed by atoms with Crippen LogP contribution in [0.25, 0.3) is 10.8 Å². The predicted octanol–water partition coefficient (Wildman–Crippen LogP) is 9.56. The summed E-state index contributed by atoms with van der Waals surface area (Å²) < 4.78 is 12.2. The molecule has 0 heterocycles. The summed E-state index contributed by atoms with van der Waals surface area (Å²) in [5.74, 6) is 2.41. The topological polar surface area (TPSA) is 35.5 Å². The fraction of sp³-hybridized carbons (Fsp3) is 0.485. The van der Waals surface area contributed by atoms with Gasteiger partial charge in [-0.3, -0.25) is 4.79 Å². The molecular formula is C33H44O3. The van der Waals surface area contributed by atoms with E-state index in [1.807, 2.05) is 42.5 Å². The minimum absolute atomic E-state index is 0.214. The van der Waals surface area contributed by atoms with E-state index < -0.39 is 0 Å². The third-order valence-electron chi connectivity index (χ3n) is 6.98. The Kier molecular flexibility index (Phi) is 11.8. The number of carbonyl (C=O) groups excluding carboxylic acids is 1. The van der Waals surface area contributed by atoms with E-state index in [-0.39, 0.29) is 5.78 Å². The largest absolute Gasteiger partial charge is 0.494 e. The molecule has 3 aromatic rings. The number of rotatable bonds is 17. The Balaban J connectivity index is 1.47. The van der Waals surface area contributed by atoms with Gasteiger partial charge in [0, 0.05) is 17.4 Å². The van der Waals surface area contributed by atoms with E-state index in [0.717, 1.165) is 52.8 Å². The Morgan fingerprint density at radius 3 is 2.25 bits per heavy atom. The lowest BCUT2D eigenvalue weighted by Gasteiger charge is -2.12. The number of hydrogen-bond donors (Lipinski definition) is 0. The third kappa shape index (κ3) is 9.00. The monoisotopic (exact) mass is 488 g/mol. The van der Waals surface area contributed by atoms with Crippen LogP contribution in [0.1, 0.15) is 101 Å². The molecule has 3 rings (SSSR count). The van der Waals surface area contributed by atoms with Gasteiger partial charge in [-0.05, 0) is 47.6 Å². The lowest BCUT2D eigenvalue weighted by Crippen LogP contribution is -2.05. The van der Waals surface area contributed by atoms with Gasteiger partial charge < -0.3 is 9.47 Å². The molecule has 1 atom stereocenters. The first-order valence-corrected chi connectivity index (χ1v) is 14.0. The first-order valence-electron chi connectivity index (χ1n) is 14.0. The SMILES string of the molecule is CCCCCCCCCCOc1ccc2c(OCc3ccc(C(=O)C[C@H](C)CC)cc3)cccc2c1. The molecule has 0 radical (unpaired) electrons. The van der Waals surface area contributed by atoms with E-state index in [1.54, 1.807) is 0 Å². The Morgan fingerprint density at radius 2 is 1.53 bits per heavy atom. The van der Waals surface area contributed by atoms with Crippen LogP contribution >= 0.6 is 0 Å². The molecule has 36 heavy (non-hydrogen) atoms. The highest BCUT2D eigenvalue weighted by molar-refractivity contribution is 5.96. The highest BCUT2D eigenvalue weighted by Gasteiger charge is 2.10. The van der Waals surface area contributed by atoms with Gasteiger partial charge in [0.15, 0.2) is 5.78 Å². The molecule has 0 aliphatic carbocycles. The smallest absolute Gasteiger partial charge is 0.163 e. The van der Waals surface area contributed by atoms with Gasteiger partial charge in [0.25, 0.3) is 0 Å². The molecule has 0 N–H and O–H groups in total. The van der Waals surface area contributed by atoms with Gasteiger partial charge in [-0.15, -0.1) is 0 Å². The lowest BCUT2D eigenvalue weighted by molar-refractivity contribution is 0.0963. The van der Waals surface area contributed by atoms with Crippen molar-refractivity contribution in [2.45, 2.75) is 91.6 Å². The van der Waals surface area contributed by atoms with Crippen LogP contribution in [0.15, 0.2) is 60.7 Å². The van der Waals surface area contributed by atoms with E-state index in [0.29, 0.717) is 18.9 Å².